The van der Waals surface area contributed by atoms with Gasteiger partial charge in [0.05, 0.1) is 12.8 Å². The largest absolute Gasteiger partial charge is 0.504 e. The Morgan fingerprint density at radius 2 is 1.89 bits per heavy atom. The van der Waals surface area contributed by atoms with Crippen LogP contribution in [0.2, 0.25) is 0 Å². The third kappa shape index (κ3) is 4.25. The Labute approximate surface area is 169 Å². The Morgan fingerprint density at radius 3 is 2.64 bits per heavy atom. The van der Waals surface area contributed by atoms with E-state index in [-0.39, 0.29) is 5.75 Å². The fourth-order valence-electron chi connectivity index (χ4n) is 3.72. The number of methoxy groups -OCH3 is 1. The number of phenols is 1. The Balaban J connectivity index is 1.46. The Morgan fingerprint density at radius 1 is 1.11 bits per heavy atom. The van der Waals surface area contributed by atoms with E-state index in [4.69, 9.17) is 4.74 Å². The van der Waals surface area contributed by atoms with Gasteiger partial charge in [0.1, 0.15) is 0 Å². The number of phenolic OH excluding ortho intramolecular Hbond substituents is 1. The van der Waals surface area contributed by atoms with Gasteiger partial charge in [-0.05, 0) is 48.1 Å². The van der Waals surface area contributed by atoms with Crippen LogP contribution in [0.3, 0.4) is 0 Å². The summed E-state index contributed by atoms with van der Waals surface area (Å²) in [5.74, 6) is 1.27. The molecule has 144 valence electrons. The summed E-state index contributed by atoms with van der Waals surface area (Å²) in [6.07, 6.45) is 8.46. The normalized spacial score (nSPS) is 15.2. The summed E-state index contributed by atoms with van der Waals surface area (Å²) < 4.78 is 5.13. The minimum atomic E-state index is 0.118. The van der Waals surface area contributed by atoms with Gasteiger partial charge in [0, 0.05) is 17.2 Å². The zero-order valence-corrected chi connectivity index (χ0v) is 16.8. The Kier molecular flexibility index (Phi) is 5.72. The third-order valence-electron chi connectivity index (χ3n) is 5.30. The van der Waals surface area contributed by atoms with Crippen LogP contribution in [0.15, 0.2) is 52.8 Å². The molecule has 28 heavy (non-hydrogen) atoms. The highest BCUT2D eigenvalue weighted by molar-refractivity contribution is 7.13. The molecule has 0 radical (unpaired) electrons. The van der Waals surface area contributed by atoms with Crippen molar-refractivity contribution in [3.05, 3.63) is 59.0 Å². The molecule has 4 nitrogen and oxygen atoms in total. The molecule has 1 N–H and O–H groups in total. The topological polar surface area (TPSA) is 54.7 Å². The molecule has 3 aromatic rings. The molecular formula is C23H24N2O2S. The first-order valence-electron chi connectivity index (χ1n) is 9.70. The molecule has 5 heteroatoms. The summed E-state index contributed by atoms with van der Waals surface area (Å²) in [7, 11) is 1.53. The molecule has 4 rings (SSSR count). The van der Waals surface area contributed by atoms with Crippen LogP contribution in [-0.2, 0) is 0 Å². The molecule has 0 amide bonds. The fourth-order valence-corrected chi connectivity index (χ4v) is 4.39. The number of nitrogens with zero attached hydrogens (tertiary/aromatic N) is 2. The first-order valence-corrected chi connectivity index (χ1v) is 10.6. The van der Waals surface area contributed by atoms with Gasteiger partial charge in [-0.3, -0.25) is 0 Å². The second-order valence-corrected chi connectivity index (χ2v) is 8.00. The fraction of sp³-hybridized carbons (Fsp3) is 0.304. The van der Waals surface area contributed by atoms with E-state index in [1.165, 1.54) is 56.1 Å². The van der Waals surface area contributed by atoms with Crippen LogP contribution in [0.4, 0.5) is 5.13 Å². The molecule has 0 saturated heterocycles. The van der Waals surface area contributed by atoms with Crippen LogP contribution in [0.1, 0.15) is 49.1 Å². The first kappa shape index (κ1) is 18.7. The molecule has 1 heterocycles. The molecule has 0 atom stereocenters. The van der Waals surface area contributed by atoms with Crippen LogP contribution in [0, 0.1) is 0 Å². The van der Waals surface area contributed by atoms with Crippen molar-refractivity contribution >= 4 is 22.7 Å². The van der Waals surface area contributed by atoms with E-state index in [0.717, 1.165) is 22.7 Å². The van der Waals surface area contributed by atoms with Crippen molar-refractivity contribution in [1.29, 1.82) is 0 Å². The minimum absolute atomic E-state index is 0.118. The van der Waals surface area contributed by atoms with Crippen LogP contribution in [-0.4, -0.2) is 23.4 Å². The second kappa shape index (κ2) is 8.57. The van der Waals surface area contributed by atoms with E-state index in [0.29, 0.717) is 10.9 Å². The highest BCUT2D eigenvalue weighted by Crippen LogP contribution is 2.34. The van der Waals surface area contributed by atoms with Gasteiger partial charge in [0.2, 0.25) is 5.13 Å². The summed E-state index contributed by atoms with van der Waals surface area (Å²) in [4.78, 5) is 9.10. The molecule has 0 unspecified atom stereocenters. The van der Waals surface area contributed by atoms with E-state index in [1.807, 2.05) is 5.38 Å². The summed E-state index contributed by atoms with van der Waals surface area (Å²) in [5, 5.41) is 12.4. The van der Waals surface area contributed by atoms with Crippen molar-refractivity contribution in [2.24, 2.45) is 4.99 Å². The number of hydrogen-bond donors (Lipinski definition) is 1. The SMILES string of the molecule is COc1cc(C=Nc2nc(-c3ccc(C4CCCCC4)cc3)cs2)ccc1O. The lowest BCUT2D eigenvalue weighted by atomic mass is 9.84. The molecule has 1 aliphatic rings. The lowest BCUT2D eigenvalue weighted by molar-refractivity contribution is 0.373. The van der Waals surface area contributed by atoms with Crippen LogP contribution in [0.25, 0.3) is 11.3 Å². The molecule has 0 bridgehead atoms. The van der Waals surface area contributed by atoms with Crippen molar-refractivity contribution in [3.63, 3.8) is 0 Å². The smallest absolute Gasteiger partial charge is 0.209 e. The maximum Gasteiger partial charge on any atom is 0.209 e. The molecule has 1 saturated carbocycles. The zero-order chi connectivity index (χ0) is 19.3. The summed E-state index contributed by atoms with van der Waals surface area (Å²) in [6.45, 7) is 0. The average Bonchev–Trinajstić information content (AvgIpc) is 3.23. The number of benzene rings is 2. The standard InChI is InChI=1S/C23H24N2O2S/c1-27-22-13-16(7-12-21(22)26)14-24-23-25-20(15-28-23)19-10-8-18(9-11-19)17-5-3-2-4-6-17/h7-15,17,26H,2-6H2,1H3. The van der Waals surface area contributed by atoms with Gasteiger partial charge >= 0.3 is 0 Å². The van der Waals surface area contributed by atoms with Crippen LogP contribution in [0.5, 0.6) is 11.5 Å². The van der Waals surface area contributed by atoms with Gasteiger partial charge in [-0.25, -0.2) is 9.98 Å². The third-order valence-corrected chi connectivity index (χ3v) is 6.05. The second-order valence-electron chi connectivity index (χ2n) is 7.16. The van der Waals surface area contributed by atoms with Gasteiger partial charge in [0.15, 0.2) is 11.5 Å². The van der Waals surface area contributed by atoms with Crippen LogP contribution < -0.4 is 4.74 Å². The average molecular weight is 393 g/mol. The van der Waals surface area contributed by atoms with Crippen molar-refractivity contribution < 1.29 is 9.84 Å². The highest BCUT2D eigenvalue weighted by Gasteiger charge is 2.15. The highest BCUT2D eigenvalue weighted by atomic mass is 32.1. The first-order chi connectivity index (χ1) is 13.7. The monoisotopic (exact) mass is 392 g/mol. The Bertz CT molecular complexity index is 957. The zero-order valence-electron chi connectivity index (χ0n) is 16.0. The van der Waals surface area contributed by atoms with Gasteiger partial charge in [-0.2, -0.15) is 0 Å². The number of aromatic hydroxyl groups is 1. The van der Waals surface area contributed by atoms with Gasteiger partial charge in [-0.15, -0.1) is 11.3 Å². The molecule has 2 aromatic carbocycles. The minimum Gasteiger partial charge on any atom is -0.504 e. The van der Waals surface area contributed by atoms with Gasteiger partial charge in [-0.1, -0.05) is 43.5 Å². The number of aliphatic imine (C=N–C) groups is 1. The van der Waals surface area contributed by atoms with E-state index in [2.05, 4.69) is 34.2 Å². The number of aromatic nitrogens is 1. The van der Waals surface area contributed by atoms with E-state index in [1.54, 1.807) is 24.4 Å². The summed E-state index contributed by atoms with van der Waals surface area (Å²) in [6, 6.07) is 14.0. The summed E-state index contributed by atoms with van der Waals surface area (Å²) >= 11 is 1.52. The summed E-state index contributed by atoms with van der Waals surface area (Å²) in [5.41, 5.74) is 4.39. The molecule has 1 fully saturated rings. The predicted octanol–water partition coefficient (Wildman–Crippen LogP) is 6.32. The Hall–Kier alpha value is -2.66. The maximum absolute atomic E-state index is 9.67. The number of hydrogen-bond acceptors (Lipinski definition) is 5. The van der Waals surface area contributed by atoms with Gasteiger partial charge in [0.25, 0.3) is 0 Å². The van der Waals surface area contributed by atoms with E-state index >= 15 is 0 Å². The van der Waals surface area contributed by atoms with Crippen LogP contribution >= 0.6 is 11.3 Å². The molecular weight excluding hydrogens is 368 g/mol. The number of ether oxygens (including phenoxy) is 1. The number of rotatable bonds is 5. The number of thiazole rings is 1. The lowest BCUT2D eigenvalue weighted by Crippen LogP contribution is -2.04. The quantitative estimate of drug-likeness (QED) is 0.517. The van der Waals surface area contributed by atoms with Gasteiger partial charge < -0.3 is 9.84 Å². The van der Waals surface area contributed by atoms with E-state index in [9.17, 15) is 5.11 Å². The lowest BCUT2D eigenvalue weighted by Gasteiger charge is -2.22. The van der Waals surface area contributed by atoms with Crippen molar-refractivity contribution in [1.82, 2.24) is 4.98 Å². The van der Waals surface area contributed by atoms with E-state index < -0.39 is 0 Å². The maximum atomic E-state index is 9.67. The van der Waals surface area contributed by atoms with Crippen molar-refractivity contribution in [2.75, 3.05) is 7.11 Å². The molecule has 0 aliphatic heterocycles. The predicted molar refractivity (Wildman–Crippen MR) is 115 cm³/mol. The molecule has 0 spiro atoms. The molecule has 1 aromatic heterocycles. The molecule has 1 aliphatic carbocycles. The van der Waals surface area contributed by atoms with Crippen molar-refractivity contribution in [2.45, 2.75) is 38.0 Å². The van der Waals surface area contributed by atoms with Crippen molar-refractivity contribution in [3.8, 4) is 22.8 Å².